The van der Waals surface area contributed by atoms with Crippen molar-refractivity contribution < 1.29 is 18.4 Å². The molecular formula is C4H4N2O4S. The second-order valence-corrected chi connectivity index (χ2v) is 2.37. The van der Waals surface area contributed by atoms with Gasteiger partial charge >= 0.3 is 0 Å². The topological polar surface area (TPSA) is 86.7 Å². The second kappa shape index (κ2) is 2.91. The van der Waals surface area contributed by atoms with Gasteiger partial charge in [-0.25, -0.2) is 4.21 Å². The summed E-state index contributed by atoms with van der Waals surface area (Å²) in [5.41, 5.74) is 0. The van der Waals surface area contributed by atoms with Crippen LogP contribution >= 0.6 is 0 Å². The molecule has 1 heterocycles. The van der Waals surface area contributed by atoms with Gasteiger partial charge in [-0.15, -0.1) is 4.83 Å². The van der Waals surface area contributed by atoms with Crippen molar-refractivity contribution >= 4 is 23.1 Å². The molecule has 6 nitrogen and oxygen atoms in total. The predicted molar refractivity (Wildman–Crippen MR) is 34.9 cm³/mol. The van der Waals surface area contributed by atoms with E-state index < -0.39 is 23.1 Å². The lowest BCUT2D eigenvalue weighted by Crippen LogP contribution is -2.43. The zero-order chi connectivity index (χ0) is 8.43. The molecule has 0 aromatic heterocycles. The van der Waals surface area contributed by atoms with Crippen molar-refractivity contribution in [2.75, 3.05) is 0 Å². The van der Waals surface area contributed by atoms with Gasteiger partial charge in [0.15, 0.2) is 0 Å². The molecule has 0 aliphatic carbocycles. The Hall–Kier alpha value is -1.05. The number of nitrogens with zero attached hydrogens (tertiary/aromatic N) is 1. The molecule has 0 aromatic carbocycles. The Morgan fingerprint density at radius 3 is 2.18 bits per heavy atom. The van der Waals surface area contributed by atoms with Crippen molar-refractivity contribution in [3.63, 3.8) is 0 Å². The van der Waals surface area contributed by atoms with Gasteiger partial charge in [-0.1, -0.05) is 0 Å². The minimum Gasteiger partial charge on any atom is -0.293 e. The molecule has 60 valence electrons. The van der Waals surface area contributed by atoms with Crippen LogP contribution in [0.2, 0.25) is 0 Å². The molecule has 11 heavy (non-hydrogen) atoms. The van der Waals surface area contributed by atoms with Crippen molar-refractivity contribution in [3.8, 4) is 0 Å². The minimum atomic E-state index is -2.40. The van der Waals surface area contributed by atoms with Crippen LogP contribution in [-0.4, -0.2) is 25.6 Å². The van der Waals surface area contributed by atoms with E-state index in [1.807, 2.05) is 0 Å². The molecule has 1 unspecified atom stereocenters. The molecule has 2 amide bonds. The highest BCUT2D eigenvalue weighted by Gasteiger charge is 2.24. The standard InChI is InChI=1S/C4H4N2O4S/c7-3-1-2-4(8)6(3)5-11(9)10/h1-2,5H,(H,9,10). The molecule has 0 saturated carbocycles. The lowest BCUT2D eigenvalue weighted by atomic mass is 10.6. The zero-order valence-electron chi connectivity index (χ0n) is 5.18. The Balaban J connectivity index is 2.66. The normalized spacial score (nSPS) is 19.5. The Kier molecular flexibility index (Phi) is 2.13. The first kappa shape index (κ1) is 8.05. The van der Waals surface area contributed by atoms with E-state index in [0.29, 0.717) is 5.01 Å². The van der Waals surface area contributed by atoms with Crippen LogP contribution in [0.1, 0.15) is 0 Å². The maximum absolute atomic E-state index is 10.6. The number of amides is 2. The van der Waals surface area contributed by atoms with Gasteiger partial charge in [-0.2, -0.15) is 5.01 Å². The van der Waals surface area contributed by atoms with Crippen LogP contribution in [0.4, 0.5) is 0 Å². The first-order chi connectivity index (χ1) is 5.11. The largest absolute Gasteiger partial charge is 0.293 e. The summed E-state index contributed by atoms with van der Waals surface area (Å²) in [7, 11) is 0. The first-order valence-electron chi connectivity index (χ1n) is 2.54. The average molecular weight is 176 g/mol. The van der Waals surface area contributed by atoms with Crippen molar-refractivity contribution in [1.29, 1.82) is 0 Å². The van der Waals surface area contributed by atoms with Crippen molar-refractivity contribution in [2.45, 2.75) is 0 Å². The fourth-order valence-corrected chi connectivity index (χ4v) is 0.904. The van der Waals surface area contributed by atoms with E-state index in [4.69, 9.17) is 4.55 Å². The Bertz CT molecular complexity index is 243. The molecule has 7 heteroatoms. The highest BCUT2D eigenvalue weighted by Crippen LogP contribution is 1.98. The number of imide groups is 1. The van der Waals surface area contributed by atoms with Crippen molar-refractivity contribution in [3.05, 3.63) is 12.2 Å². The Morgan fingerprint density at radius 1 is 1.36 bits per heavy atom. The second-order valence-electron chi connectivity index (χ2n) is 1.69. The van der Waals surface area contributed by atoms with Gasteiger partial charge in [0.2, 0.25) is 0 Å². The fourth-order valence-electron chi connectivity index (χ4n) is 0.568. The summed E-state index contributed by atoms with van der Waals surface area (Å²) in [5, 5.41) is 0.454. The summed E-state index contributed by atoms with van der Waals surface area (Å²) in [4.78, 5) is 23.0. The minimum absolute atomic E-state index is 0.454. The number of hydrogen-bond donors (Lipinski definition) is 2. The number of carbonyl (C=O) groups excluding carboxylic acids is 2. The van der Waals surface area contributed by atoms with Crippen LogP contribution in [0, 0.1) is 0 Å². The van der Waals surface area contributed by atoms with Crippen LogP contribution in [0.15, 0.2) is 12.2 Å². The number of hydrogen-bond acceptors (Lipinski definition) is 3. The van der Waals surface area contributed by atoms with E-state index in [9.17, 15) is 13.8 Å². The molecule has 0 bridgehead atoms. The highest BCUT2D eigenvalue weighted by molar-refractivity contribution is 7.77. The van der Waals surface area contributed by atoms with Gasteiger partial charge in [0, 0.05) is 12.2 Å². The molecule has 0 fully saturated rings. The maximum Gasteiger partial charge on any atom is 0.269 e. The van der Waals surface area contributed by atoms with Crippen LogP contribution in [0.5, 0.6) is 0 Å². The monoisotopic (exact) mass is 176 g/mol. The summed E-state index contributed by atoms with van der Waals surface area (Å²) in [6.07, 6.45) is 2.00. The molecule has 1 rings (SSSR count). The van der Waals surface area contributed by atoms with Gasteiger partial charge < -0.3 is 0 Å². The number of hydrazine groups is 1. The molecule has 0 aromatic rings. The summed E-state index contributed by atoms with van der Waals surface area (Å²) < 4.78 is 18.3. The van der Waals surface area contributed by atoms with Gasteiger partial charge in [0.1, 0.15) is 0 Å². The Morgan fingerprint density at radius 2 is 1.82 bits per heavy atom. The molecule has 1 aliphatic heterocycles. The third kappa shape index (κ3) is 1.70. The highest BCUT2D eigenvalue weighted by atomic mass is 32.2. The summed E-state index contributed by atoms with van der Waals surface area (Å²) in [6, 6.07) is 0. The molecule has 1 aliphatic rings. The van der Waals surface area contributed by atoms with Crippen LogP contribution in [-0.2, 0) is 20.9 Å². The SMILES string of the molecule is O=C1C=CC(=O)N1NS(=O)O. The van der Waals surface area contributed by atoms with E-state index in [1.54, 1.807) is 4.83 Å². The molecular weight excluding hydrogens is 172 g/mol. The van der Waals surface area contributed by atoms with E-state index >= 15 is 0 Å². The van der Waals surface area contributed by atoms with E-state index in [1.165, 1.54) is 0 Å². The number of rotatable bonds is 2. The average Bonchev–Trinajstić information content (AvgIpc) is 2.18. The molecule has 0 saturated heterocycles. The van der Waals surface area contributed by atoms with Gasteiger partial charge in [-0.3, -0.25) is 14.1 Å². The van der Waals surface area contributed by atoms with E-state index in [0.717, 1.165) is 12.2 Å². The lowest BCUT2D eigenvalue weighted by Gasteiger charge is -2.10. The molecule has 1 atom stereocenters. The third-order valence-corrected chi connectivity index (χ3v) is 1.32. The van der Waals surface area contributed by atoms with E-state index in [2.05, 4.69) is 0 Å². The summed E-state index contributed by atoms with van der Waals surface area (Å²) in [6.45, 7) is 0. The van der Waals surface area contributed by atoms with Crippen LogP contribution < -0.4 is 4.83 Å². The van der Waals surface area contributed by atoms with E-state index in [-0.39, 0.29) is 0 Å². The third-order valence-electron chi connectivity index (χ3n) is 0.979. The summed E-state index contributed by atoms with van der Waals surface area (Å²) in [5.74, 6) is -1.31. The van der Waals surface area contributed by atoms with Crippen LogP contribution in [0.3, 0.4) is 0 Å². The van der Waals surface area contributed by atoms with Gasteiger partial charge in [-0.05, 0) is 0 Å². The van der Waals surface area contributed by atoms with Crippen molar-refractivity contribution in [2.24, 2.45) is 0 Å². The Labute approximate surface area is 64.3 Å². The predicted octanol–water partition coefficient (Wildman–Crippen LogP) is -1.45. The first-order valence-corrected chi connectivity index (χ1v) is 3.65. The fraction of sp³-hybridized carbons (Fsp3) is 0. The number of nitrogens with one attached hydrogen (secondary N) is 1. The smallest absolute Gasteiger partial charge is 0.269 e. The quantitative estimate of drug-likeness (QED) is 0.398. The van der Waals surface area contributed by atoms with Gasteiger partial charge in [0.25, 0.3) is 23.1 Å². The molecule has 2 N–H and O–H groups in total. The maximum atomic E-state index is 10.6. The summed E-state index contributed by atoms with van der Waals surface area (Å²) >= 11 is -2.40. The van der Waals surface area contributed by atoms with Gasteiger partial charge in [0.05, 0.1) is 0 Å². The van der Waals surface area contributed by atoms with Crippen LogP contribution in [0.25, 0.3) is 0 Å². The molecule has 0 spiro atoms. The zero-order valence-corrected chi connectivity index (χ0v) is 6.00. The van der Waals surface area contributed by atoms with Crippen molar-refractivity contribution in [1.82, 2.24) is 9.84 Å². The lowest BCUT2D eigenvalue weighted by molar-refractivity contribution is -0.138. The number of carbonyl (C=O) groups is 2. The molecule has 0 radical (unpaired) electrons.